The Morgan fingerprint density at radius 2 is 1.91 bits per heavy atom. The Balaban J connectivity index is 2.23. The molecule has 0 atom stereocenters. The zero-order valence-corrected chi connectivity index (χ0v) is 13.1. The van der Waals surface area contributed by atoms with Crippen LogP contribution < -0.4 is 4.74 Å². The molecular formula is C15H18F3O3S+. The monoisotopic (exact) mass is 335 g/mol. The fourth-order valence-corrected chi connectivity index (χ4v) is 4.79. The molecule has 2 rings (SSSR count). The highest BCUT2D eigenvalue weighted by atomic mass is 32.2. The molecule has 0 unspecified atom stereocenters. The molecule has 1 saturated heterocycles. The van der Waals surface area contributed by atoms with Crippen molar-refractivity contribution in [2.75, 3.05) is 25.2 Å². The van der Waals surface area contributed by atoms with E-state index in [0.29, 0.717) is 5.75 Å². The number of hydrogen-bond acceptors (Lipinski definition) is 3. The van der Waals surface area contributed by atoms with E-state index in [1.165, 1.54) is 13.2 Å². The van der Waals surface area contributed by atoms with Gasteiger partial charge >= 0.3 is 12.1 Å². The zero-order valence-electron chi connectivity index (χ0n) is 12.2. The van der Waals surface area contributed by atoms with Crippen molar-refractivity contribution in [3.05, 3.63) is 23.8 Å². The van der Waals surface area contributed by atoms with E-state index in [0.717, 1.165) is 35.7 Å². The van der Waals surface area contributed by atoms with Crippen molar-refractivity contribution in [2.24, 2.45) is 0 Å². The van der Waals surface area contributed by atoms with Crippen molar-refractivity contribution in [3.63, 3.8) is 0 Å². The molecule has 1 aliphatic heterocycles. The van der Waals surface area contributed by atoms with Crippen LogP contribution in [0.3, 0.4) is 0 Å². The summed E-state index contributed by atoms with van der Waals surface area (Å²) >= 11 is 0. The summed E-state index contributed by atoms with van der Waals surface area (Å²) in [6, 6.07) is 4.98. The molecule has 0 bridgehead atoms. The van der Waals surface area contributed by atoms with Crippen molar-refractivity contribution in [3.8, 4) is 5.75 Å². The van der Waals surface area contributed by atoms with E-state index < -0.39 is 18.8 Å². The smallest absolute Gasteiger partial charge is 0.422 e. The van der Waals surface area contributed by atoms with Crippen molar-refractivity contribution in [1.29, 1.82) is 0 Å². The van der Waals surface area contributed by atoms with Crippen LogP contribution in [-0.4, -0.2) is 37.4 Å². The number of esters is 1. The van der Waals surface area contributed by atoms with Crippen LogP contribution in [0, 0.1) is 0 Å². The van der Waals surface area contributed by atoms with Gasteiger partial charge in [-0.1, -0.05) is 0 Å². The van der Waals surface area contributed by atoms with Crippen LogP contribution in [0.1, 0.15) is 29.6 Å². The summed E-state index contributed by atoms with van der Waals surface area (Å²) in [5, 5.41) is 0. The van der Waals surface area contributed by atoms with Gasteiger partial charge in [-0.15, -0.1) is 0 Å². The third-order valence-corrected chi connectivity index (χ3v) is 5.91. The Bertz CT molecular complexity index is 525. The average Bonchev–Trinajstić information content (AvgIpc) is 2.52. The fraction of sp³-hybridized carbons (Fsp3) is 0.533. The summed E-state index contributed by atoms with van der Waals surface area (Å²) in [7, 11) is 1.33. The van der Waals surface area contributed by atoms with E-state index in [2.05, 4.69) is 4.74 Å². The highest BCUT2D eigenvalue weighted by Gasteiger charge is 2.34. The van der Waals surface area contributed by atoms with Gasteiger partial charge in [-0.25, -0.2) is 4.79 Å². The molecule has 0 spiro atoms. The minimum absolute atomic E-state index is 0.113. The van der Waals surface area contributed by atoms with Crippen LogP contribution in [0.25, 0.3) is 0 Å². The van der Waals surface area contributed by atoms with Crippen molar-refractivity contribution < 1.29 is 27.4 Å². The lowest BCUT2D eigenvalue weighted by Crippen LogP contribution is -2.24. The molecule has 7 heteroatoms. The van der Waals surface area contributed by atoms with Crippen molar-refractivity contribution in [1.82, 2.24) is 0 Å². The number of carbonyl (C=O) groups is 1. The van der Waals surface area contributed by atoms with E-state index in [9.17, 15) is 18.0 Å². The minimum Gasteiger partial charge on any atom is -0.497 e. The first-order chi connectivity index (χ1) is 10.4. The lowest BCUT2D eigenvalue weighted by Gasteiger charge is -2.16. The maximum absolute atomic E-state index is 12.2. The van der Waals surface area contributed by atoms with Crippen LogP contribution in [0.15, 0.2) is 23.1 Å². The Hall–Kier alpha value is -1.37. The quantitative estimate of drug-likeness (QED) is 0.623. The molecular weight excluding hydrogens is 317 g/mol. The summed E-state index contributed by atoms with van der Waals surface area (Å²) in [6.45, 7) is -1.57. The van der Waals surface area contributed by atoms with Gasteiger partial charge in [-0.05, 0) is 37.5 Å². The lowest BCUT2D eigenvalue weighted by molar-refractivity contribution is -0.161. The number of benzene rings is 1. The van der Waals surface area contributed by atoms with Gasteiger partial charge in [-0.2, -0.15) is 13.2 Å². The fourth-order valence-electron chi connectivity index (χ4n) is 2.32. The topological polar surface area (TPSA) is 35.5 Å². The average molecular weight is 335 g/mol. The van der Waals surface area contributed by atoms with E-state index >= 15 is 0 Å². The number of methoxy groups -OCH3 is 1. The van der Waals surface area contributed by atoms with Gasteiger partial charge in [0.25, 0.3) is 0 Å². The Morgan fingerprint density at radius 1 is 1.23 bits per heavy atom. The summed E-state index contributed by atoms with van der Waals surface area (Å²) in [4.78, 5) is 12.8. The van der Waals surface area contributed by atoms with E-state index in [-0.39, 0.29) is 16.5 Å². The number of hydrogen-bond donors (Lipinski definition) is 0. The van der Waals surface area contributed by atoms with E-state index in [1.54, 1.807) is 12.1 Å². The summed E-state index contributed by atoms with van der Waals surface area (Å²) < 4.78 is 46.2. The molecule has 0 saturated carbocycles. The largest absolute Gasteiger partial charge is 0.497 e. The third kappa shape index (κ3) is 4.56. The molecule has 0 N–H and O–H groups in total. The lowest BCUT2D eigenvalue weighted by atomic mass is 10.2. The SMILES string of the molecule is COc1ccc([S+]2CCCCC2)c(C(=O)OCC(F)(F)F)c1. The molecule has 22 heavy (non-hydrogen) atoms. The van der Waals surface area contributed by atoms with Crippen LogP contribution >= 0.6 is 0 Å². The van der Waals surface area contributed by atoms with Crippen molar-refractivity contribution in [2.45, 2.75) is 30.3 Å². The first-order valence-electron chi connectivity index (χ1n) is 7.00. The molecule has 0 amide bonds. The molecule has 1 aromatic rings. The van der Waals surface area contributed by atoms with Gasteiger partial charge in [0.15, 0.2) is 11.5 Å². The van der Waals surface area contributed by atoms with Gasteiger partial charge in [0.05, 0.1) is 7.11 Å². The molecule has 1 heterocycles. The normalized spacial score (nSPS) is 16.4. The highest BCUT2D eigenvalue weighted by molar-refractivity contribution is 7.97. The predicted octanol–water partition coefficient (Wildman–Crippen LogP) is 3.58. The van der Waals surface area contributed by atoms with Crippen LogP contribution in [0.2, 0.25) is 0 Å². The summed E-state index contributed by atoms with van der Waals surface area (Å²) in [5.41, 5.74) is 0.189. The number of alkyl halides is 3. The Morgan fingerprint density at radius 3 is 2.50 bits per heavy atom. The molecule has 0 aliphatic carbocycles. The second kappa shape index (κ2) is 7.26. The molecule has 1 fully saturated rings. The Kier molecular flexibility index (Phi) is 5.61. The van der Waals surface area contributed by atoms with Crippen LogP contribution in [0.4, 0.5) is 13.2 Å². The molecule has 1 aliphatic rings. The number of ether oxygens (including phenoxy) is 2. The first-order valence-corrected chi connectivity index (χ1v) is 8.56. The molecule has 1 aromatic carbocycles. The van der Waals surface area contributed by atoms with Gasteiger partial charge < -0.3 is 9.47 Å². The van der Waals surface area contributed by atoms with E-state index in [4.69, 9.17) is 4.74 Å². The maximum atomic E-state index is 12.2. The predicted molar refractivity (Wildman–Crippen MR) is 78.5 cm³/mol. The van der Waals surface area contributed by atoms with Gasteiger partial charge in [-0.3, -0.25) is 0 Å². The Labute approximate surface area is 130 Å². The molecule has 0 aromatic heterocycles. The third-order valence-electron chi connectivity index (χ3n) is 3.37. The zero-order chi connectivity index (χ0) is 16.2. The van der Waals surface area contributed by atoms with Crippen LogP contribution in [-0.2, 0) is 15.6 Å². The van der Waals surface area contributed by atoms with Crippen molar-refractivity contribution >= 4 is 16.9 Å². The molecule has 3 nitrogen and oxygen atoms in total. The summed E-state index contributed by atoms with van der Waals surface area (Å²) in [6.07, 6.45) is -1.21. The van der Waals surface area contributed by atoms with Crippen LogP contribution in [0.5, 0.6) is 5.75 Å². The standard InChI is InChI=1S/C15H18F3O3S/c1-20-11-5-6-13(22-7-3-2-4-8-22)12(9-11)14(19)21-10-15(16,17)18/h5-6,9H,2-4,7-8,10H2,1H3/q+1. The minimum atomic E-state index is -4.53. The van der Waals surface area contributed by atoms with Gasteiger partial charge in [0.2, 0.25) is 0 Å². The maximum Gasteiger partial charge on any atom is 0.422 e. The number of carbonyl (C=O) groups excluding carboxylic acids is 1. The molecule has 0 radical (unpaired) electrons. The van der Waals surface area contributed by atoms with Gasteiger partial charge in [0.1, 0.15) is 22.8 Å². The van der Waals surface area contributed by atoms with E-state index in [1.807, 2.05) is 0 Å². The second-order valence-corrected chi connectivity index (χ2v) is 7.26. The highest BCUT2D eigenvalue weighted by Crippen LogP contribution is 2.29. The summed E-state index contributed by atoms with van der Waals surface area (Å²) in [5.74, 6) is 1.42. The number of rotatable bonds is 4. The molecule has 122 valence electrons. The second-order valence-electron chi connectivity index (χ2n) is 5.02. The number of halogens is 3. The van der Waals surface area contributed by atoms with Gasteiger partial charge in [0, 0.05) is 10.9 Å². The first kappa shape index (κ1) is 17.0.